The quantitative estimate of drug-likeness (QED) is 0.380. The van der Waals surface area contributed by atoms with E-state index in [1.54, 1.807) is 6.92 Å². The van der Waals surface area contributed by atoms with Crippen LogP contribution in [0.15, 0.2) is 72.8 Å². The van der Waals surface area contributed by atoms with Crippen molar-refractivity contribution in [3.8, 4) is 11.1 Å². The molecule has 2 unspecified atom stereocenters. The Balaban J connectivity index is 0.000000456. The van der Waals surface area contributed by atoms with Crippen molar-refractivity contribution in [1.82, 2.24) is 10.6 Å². The van der Waals surface area contributed by atoms with Crippen LogP contribution in [0, 0.1) is 11.6 Å². The first kappa shape index (κ1) is 27.8. The van der Waals surface area contributed by atoms with Gasteiger partial charge in [0.05, 0.1) is 12.1 Å². The number of aliphatic hydroxyl groups is 1. The van der Waals surface area contributed by atoms with Crippen molar-refractivity contribution in [3.05, 3.63) is 95.6 Å². The fraction of sp³-hybridized carbons (Fsp3) is 0.286. The van der Waals surface area contributed by atoms with E-state index in [1.165, 1.54) is 25.1 Å². The molecule has 0 aliphatic rings. The molecule has 7 heteroatoms. The molecule has 3 aromatic rings. The summed E-state index contributed by atoms with van der Waals surface area (Å²) in [7, 11) is 0. The molecule has 5 nitrogen and oxygen atoms in total. The number of hydrogen-bond acceptors (Lipinski definition) is 4. The van der Waals surface area contributed by atoms with Gasteiger partial charge in [-0.25, -0.2) is 8.78 Å². The van der Waals surface area contributed by atoms with Gasteiger partial charge < -0.3 is 15.7 Å². The lowest BCUT2D eigenvalue weighted by Gasteiger charge is -2.23. The van der Waals surface area contributed by atoms with Gasteiger partial charge in [0.25, 0.3) is 0 Å². The Morgan fingerprint density at radius 3 is 2.09 bits per heavy atom. The van der Waals surface area contributed by atoms with E-state index in [1.807, 2.05) is 55.5 Å². The Morgan fingerprint density at radius 2 is 1.57 bits per heavy atom. The highest BCUT2D eigenvalue weighted by Crippen LogP contribution is 2.25. The molecule has 0 aromatic heterocycles. The number of halogens is 2. The predicted octanol–water partition coefficient (Wildman–Crippen LogP) is 4.89. The standard InChI is InChI=1S/C22H28N2O3.C6H4F2/c1-4-21(24-16(3)26)22(27)14-23-13-19-12-18(15(2)25)10-11-20(19)17-8-6-5-7-9-17;7-5-2-1-3-6(8)4-5/h5-12,21-23,27H,4,13-14H2,1-3H3,(H,24,26);1-4H. The summed E-state index contributed by atoms with van der Waals surface area (Å²) in [6.07, 6.45) is -0.0348. The Labute approximate surface area is 205 Å². The van der Waals surface area contributed by atoms with Gasteiger partial charge in [0.15, 0.2) is 5.78 Å². The number of nitrogens with one attached hydrogen (secondary N) is 2. The molecule has 0 radical (unpaired) electrons. The van der Waals surface area contributed by atoms with Crippen LogP contribution in [-0.2, 0) is 11.3 Å². The molecule has 0 spiro atoms. The van der Waals surface area contributed by atoms with Crippen molar-refractivity contribution in [2.24, 2.45) is 0 Å². The van der Waals surface area contributed by atoms with Gasteiger partial charge in [0.1, 0.15) is 11.6 Å². The Bertz CT molecular complexity index is 1090. The first-order valence-corrected chi connectivity index (χ1v) is 11.5. The highest BCUT2D eigenvalue weighted by Gasteiger charge is 2.18. The molecule has 0 heterocycles. The van der Waals surface area contributed by atoms with Gasteiger partial charge in [-0.2, -0.15) is 0 Å². The van der Waals surface area contributed by atoms with E-state index in [2.05, 4.69) is 10.6 Å². The normalized spacial score (nSPS) is 12.2. The highest BCUT2D eigenvalue weighted by atomic mass is 19.1. The Kier molecular flexibility index (Phi) is 11.2. The fourth-order valence-corrected chi connectivity index (χ4v) is 3.55. The number of carbonyl (C=O) groups excluding carboxylic acids is 2. The van der Waals surface area contributed by atoms with Gasteiger partial charge in [-0.05, 0) is 48.2 Å². The van der Waals surface area contributed by atoms with E-state index in [4.69, 9.17) is 0 Å². The van der Waals surface area contributed by atoms with Crippen molar-refractivity contribution in [1.29, 1.82) is 0 Å². The molecular weight excluding hydrogens is 450 g/mol. The number of hydrogen-bond donors (Lipinski definition) is 3. The minimum absolute atomic E-state index is 0.0209. The van der Waals surface area contributed by atoms with Gasteiger partial charge in [0.2, 0.25) is 5.91 Å². The number of aliphatic hydroxyl groups excluding tert-OH is 1. The maximum atomic E-state index is 11.9. The summed E-state index contributed by atoms with van der Waals surface area (Å²) >= 11 is 0. The number of carbonyl (C=O) groups is 2. The molecule has 0 aliphatic carbocycles. The third kappa shape index (κ3) is 9.39. The van der Waals surface area contributed by atoms with E-state index < -0.39 is 17.7 Å². The molecular formula is C28H32F2N2O3. The summed E-state index contributed by atoms with van der Waals surface area (Å²) in [6.45, 7) is 5.78. The number of benzene rings is 3. The molecule has 3 aromatic carbocycles. The lowest BCUT2D eigenvalue weighted by molar-refractivity contribution is -0.120. The zero-order chi connectivity index (χ0) is 25.8. The van der Waals surface area contributed by atoms with Gasteiger partial charge >= 0.3 is 0 Å². The molecule has 0 aliphatic heterocycles. The molecule has 0 saturated carbocycles. The summed E-state index contributed by atoms with van der Waals surface area (Å²) in [5.41, 5.74) is 3.79. The zero-order valence-electron chi connectivity index (χ0n) is 20.2. The summed E-state index contributed by atoms with van der Waals surface area (Å²) in [5.74, 6) is -1.20. The average Bonchev–Trinajstić information content (AvgIpc) is 2.83. The molecule has 3 N–H and O–H groups in total. The summed E-state index contributed by atoms with van der Waals surface area (Å²) < 4.78 is 23.9. The zero-order valence-corrected chi connectivity index (χ0v) is 20.2. The first-order chi connectivity index (χ1) is 16.7. The second-order valence-electron chi connectivity index (χ2n) is 8.15. The monoisotopic (exact) mass is 482 g/mol. The van der Waals surface area contributed by atoms with Crippen LogP contribution in [0.25, 0.3) is 11.1 Å². The van der Waals surface area contributed by atoms with E-state index in [0.29, 0.717) is 25.1 Å². The SMILES string of the molecule is CCC(NC(C)=O)C(O)CNCc1cc(C(C)=O)ccc1-c1ccccc1.Fc1cccc(F)c1. The lowest BCUT2D eigenvalue weighted by Crippen LogP contribution is -2.46. The molecule has 2 atom stereocenters. The van der Waals surface area contributed by atoms with Crippen molar-refractivity contribution < 1.29 is 23.5 Å². The Hall–Kier alpha value is -3.42. The number of Topliss-reactive ketones (excluding diaryl/α,β-unsaturated/α-hetero) is 1. The van der Waals surface area contributed by atoms with Crippen LogP contribution in [0.2, 0.25) is 0 Å². The number of ketones is 1. The second kappa shape index (κ2) is 14.1. The second-order valence-corrected chi connectivity index (χ2v) is 8.15. The van der Waals surface area contributed by atoms with Crippen molar-refractivity contribution in [2.75, 3.05) is 6.54 Å². The minimum atomic E-state index is -0.685. The fourth-order valence-electron chi connectivity index (χ4n) is 3.55. The third-order valence-electron chi connectivity index (χ3n) is 5.35. The van der Waals surface area contributed by atoms with E-state index >= 15 is 0 Å². The molecule has 1 amide bonds. The largest absolute Gasteiger partial charge is 0.390 e. The molecule has 3 rings (SSSR count). The van der Waals surface area contributed by atoms with Gasteiger partial charge in [-0.15, -0.1) is 0 Å². The Morgan fingerprint density at radius 1 is 0.914 bits per heavy atom. The minimum Gasteiger partial charge on any atom is -0.390 e. The van der Waals surface area contributed by atoms with Crippen LogP contribution in [0.5, 0.6) is 0 Å². The maximum Gasteiger partial charge on any atom is 0.217 e. The van der Waals surface area contributed by atoms with Crippen molar-refractivity contribution in [3.63, 3.8) is 0 Å². The lowest BCUT2D eigenvalue weighted by atomic mass is 9.96. The van der Waals surface area contributed by atoms with Gasteiger partial charge in [-0.1, -0.05) is 55.5 Å². The van der Waals surface area contributed by atoms with Gasteiger partial charge in [0, 0.05) is 31.6 Å². The number of amides is 1. The van der Waals surface area contributed by atoms with Crippen LogP contribution in [0.1, 0.15) is 43.1 Å². The predicted molar refractivity (Wildman–Crippen MR) is 134 cm³/mol. The maximum absolute atomic E-state index is 11.9. The third-order valence-corrected chi connectivity index (χ3v) is 5.35. The van der Waals surface area contributed by atoms with Crippen LogP contribution in [-0.4, -0.2) is 35.5 Å². The van der Waals surface area contributed by atoms with E-state index in [9.17, 15) is 23.5 Å². The van der Waals surface area contributed by atoms with Crippen LogP contribution < -0.4 is 10.6 Å². The molecule has 0 saturated heterocycles. The number of rotatable bonds is 9. The molecule has 35 heavy (non-hydrogen) atoms. The summed E-state index contributed by atoms with van der Waals surface area (Å²) in [4.78, 5) is 23.0. The summed E-state index contributed by atoms with van der Waals surface area (Å²) in [5, 5.41) is 16.4. The topological polar surface area (TPSA) is 78.4 Å². The average molecular weight is 483 g/mol. The summed E-state index contributed by atoms with van der Waals surface area (Å²) in [6, 6.07) is 20.0. The van der Waals surface area contributed by atoms with Gasteiger partial charge in [-0.3, -0.25) is 9.59 Å². The first-order valence-electron chi connectivity index (χ1n) is 11.5. The molecule has 186 valence electrons. The van der Waals surface area contributed by atoms with Crippen molar-refractivity contribution in [2.45, 2.75) is 45.9 Å². The van der Waals surface area contributed by atoms with Crippen LogP contribution >= 0.6 is 0 Å². The molecule has 0 fully saturated rings. The molecule has 0 bridgehead atoms. The van der Waals surface area contributed by atoms with Crippen LogP contribution in [0.3, 0.4) is 0 Å². The van der Waals surface area contributed by atoms with E-state index in [0.717, 1.165) is 22.8 Å². The smallest absolute Gasteiger partial charge is 0.217 e. The van der Waals surface area contributed by atoms with Crippen molar-refractivity contribution >= 4 is 11.7 Å². The highest BCUT2D eigenvalue weighted by molar-refractivity contribution is 5.95. The van der Waals surface area contributed by atoms with E-state index in [-0.39, 0.29) is 17.7 Å². The van der Waals surface area contributed by atoms with Crippen LogP contribution in [0.4, 0.5) is 8.78 Å².